The zero-order chi connectivity index (χ0) is 18.7. The molecular weight excluding hydrogens is 355 g/mol. The van der Waals surface area contributed by atoms with E-state index in [9.17, 15) is 9.18 Å². The molecule has 1 atom stereocenters. The maximum atomic E-state index is 13.9. The molecule has 0 bridgehead atoms. The second-order valence-electron chi connectivity index (χ2n) is 5.87. The summed E-state index contributed by atoms with van der Waals surface area (Å²) in [5.74, 6) is 0.188. The van der Waals surface area contributed by atoms with E-state index in [1.807, 2.05) is 23.7 Å². The molecule has 3 aromatic rings. The van der Waals surface area contributed by atoms with Crippen LogP contribution in [0.1, 0.15) is 17.4 Å². The fraction of sp³-hybridized carbons (Fsp3) is 0.158. The largest absolute Gasteiger partial charge is 0.336 e. The number of aromatic nitrogens is 2. The van der Waals surface area contributed by atoms with Gasteiger partial charge in [0.25, 0.3) is 0 Å². The van der Waals surface area contributed by atoms with Crippen LogP contribution in [0.25, 0.3) is 0 Å². The average molecular weight is 373 g/mol. The normalized spacial score (nSPS) is 11.8. The Morgan fingerprint density at radius 2 is 1.92 bits per heavy atom. The summed E-state index contributed by atoms with van der Waals surface area (Å²) in [5.41, 5.74) is 0.967. The third-order valence-electron chi connectivity index (χ3n) is 4.11. The van der Waals surface area contributed by atoms with Crippen LogP contribution >= 0.6 is 11.6 Å². The standard InChI is InChI=1S/C19H18ClFN4O/c1-24-12-11-22-18(24)17(13-7-9-14(20)10-8-13)25(2)19(26)23-16-6-4-3-5-15(16)21/h3-12,17H,1-2H3,(H,23,26)/t17-/m0/s1. The van der Waals surface area contributed by atoms with E-state index in [1.165, 1.54) is 17.0 Å². The summed E-state index contributed by atoms with van der Waals surface area (Å²) in [7, 11) is 3.50. The molecule has 0 fully saturated rings. The van der Waals surface area contributed by atoms with E-state index in [-0.39, 0.29) is 5.69 Å². The van der Waals surface area contributed by atoms with Crippen LogP contribution in [0.4, 0.5) is 14.9 Å². The van der Waals surface area contributed by atoms with E-state index < -0.39 is 17.9 Å². The number of amides is 2. The average Bonchev–Trinajstić information content (AvgIpc) is 3.04. The van der Waals surface area contributed by atoms with Gasteiger partial charge in [-0.2, -0.15) is 0 Å². The van der Waals surface area contributed by atoms with Crippen molar-refractivity contribution in [3.8, 4) is 0 Å². The molecule has 0 spiro atoms. The highest BCUT2D eigenvalue weighted by atomic mass is 35.5. The second-order valence-corrected chi connectivity index (χ2v) is 6.31. The number of rotatable bonds is 4. The van der Waals surface area contributed by atoms with Crippen LogP contribution in [0.2, 0.25) is 5.02 Å². The van der Waals surface area contributed by atoms with Crippen molar-refractivity contribution in [3.05, 3.63) is 83.2 Å². The van der Waals surface area contributed by atoms with Gasteiger partial charge < -0.3 is 14.8 Å². The molecule has 0 aliphatic carbocycles. The van der Waals surface area contributed by atoms with Gasteiger partial charge in [0, 0.05) is 31.5 Å². The van der Waals surface area contributed by atoms with E-state index in [1.54, 1.807) is 43.7 Å². The Bertz CT molecular complexity index is 910. The predicted molar refractivity (Wildman–Crippen MR) is 99.7 cm³/mol. The number of aryl methyl sites for hydroxylation is 1. The van der Waals surface area contributed by atoms with Crippen molar-refractivity contribution in [1.82, 2.24) is 14.5 Å². The first-order valence-corrected chi connectivity index (χ1v) is 8.36. The smallest absolute Gasteiger partial charge is 0.322 e. The van der Waals surface area contributed by atoms with Crippen molar-refractivity contribution in [2.45, 2.75) is 6.04 Å². The summed E-state index contributed by atoms with van der Waals surface area (Å²) < 4.78 is 15.7. The Balaban J connectivity index is 1.93. The summed E-state index contributed by atoms with van der Waals surface area (Å²) in [6, 6.07) is 12.3. The lowest BCUT2D eigenvalue weighted by Crippen LogP contribution is -2.36. The van der Waals surface area contributed by atoms with E-state index in [4.69, 9.17) is 11.6 Å². The van der Waals surface area contributed by atoms with Gasteiger partial charge >= 0.3 is 6.03 Å². The van der Waals surface area contributed by atoms with Crippen LogP contribution in [-0.4, -0.2) is 27.5 Å². The van der Waals surface area contributed by atoms with Gasteiger partial charge in [0.05, 0.1) is 5.69 Å². The molecule has 134 valence electrons. The number of anilines is 1. The minimum Gasteiger partial charge on any atom is -0.336 e. The van der Waals surface area contributed by atoms with Gasteiger partial charge in [-0.1, -0.05) is 35.9 Å². The molecular formula is C19H18ClFN4O. The molecule has 0 saturated heterocycles. The number of urea groups is 1. The molecule has 1 aromatic heterocycles. The lowest BCUT2D eigenvalue weighted by atomic mass is 10.1. The number of hydrogen-bond donors (Lipinski definition) is 1. The summed E-state index contributed by atoms with van der Waals surface area (Å²) in [4.78, 5) is 18.6. The van der Waals surface area contributed by atoms with Crippen molar-refractivity contribution >= 4 is 23.3 Å². The highest BCUT2D eigenvalue weighted by molar-refractivity contribution is 6.30. The van der Waals surface area contributed by atoms with Crippen LogP contribution in [0.5, 0.6) is 0 Å². The Morgan fingerprint density at radius 3 is 2.54 bits per heavy atom. The highest BCUT2D eigenvalue weighted by Gasteiger charge is 2.27. The van der Waals surface area contributed by atoms with Crippen molar-refractivity contribution in [2.24, 2.45) is 7.05 Å². The fourth-order valence-electron chi connectivity index (χ4n) is 2.71. The quantitative estimate of drug-likeness (QED) is 0.734. The first-order valence-electron chi connectivity index (χ1n) is 7.98. The van der Waals surface area contributed by atoms with Crippen molar-refractivity contribution in [2.75, 3.05) is 12.4 Å². The van der Waals surface area contributed by atoms with Crippen molar-refractivity contribution < 1.29 is 9.18 Å². The van der Waals surface area contributed by atoms with Crippen molar-refractivity contribution in [3.63, 3.8) is 0 Å². The van der Waals surface area contributed by atoms with E-state index in [0.717, 1.165) is 5.56 Å². The summed E-state index contributed by atoms with van der Waals surface area (Å²) >= 11 is 5.98. The maximum absolute atomic E-state index is 13.9. The SMILES string of the molecule is CN(C(=O)Nc1ccccc1F)[C@@H](c1ccc(Cl)cc1)c1nccn1C. The van der Waals surface area contributed by atoms with Crippen LogP contribution in [0.3, 0.4) is 0 Å². The van der Waals surface area contributed by atoms with Gasteiger partial charge in [0.15, 0.2) is 0 Å². The molecule has 5 nitrogen and oxygen atoms in total. The topological polar surface area (TPSA) is 50.2 Å². The number of nitrogens with one attached hydrogen (secondary N) is 1. The molecule has 7 heteroatoms. The minimum atomic E-state index is -0.491. The summed E-state index contributed by atoms with van der Waals surface area (Å²) in [5, 5.41) is 3.20. The molecule has 0 aliphatic rings. The van der Waals surface area contributed by atoms with Gasteiger partial charge in [-0.3, -0.25) is 0 Å². The molecule has 26 heavy (non-hydrogen) atoms. The third kappa shape index (κ3) is 3.70. The van der Waals surface area contributed by atoms with Gasteiger partial charge in [0.1, 0.15) is 17.7 Å². The van der Waals surface area contributed by atoms with Crippen LogP contribution < -0.4 is 5.32 Å². The Morgan fingerprint density at radius 1 is 1.23 bits per heavy atom. The monoisotopic (exact) mass is 372 g/mol. The van der Waals surface area contributed by atoms with Crippen LogP contribution in [0, 0.1) is 5.82 Å². The minimum absolute atomic E-state index is 0.124. The number of benzene rings is 2. The number of carbonyl (C=O) groups is 1. The Kier molecular flexibility index (Phi) is 5.23. The Labute approximate surface area is 156 Å². The zero-order valence-electron chi connectivity index (χ0n) is 14.4. The first kappa shape index (κ1) is 17.9. The molecule has 0 radical (unpaired) electrons. The molecule has 3 rings (SSSR count). The predicted octanol–water partition coefficient (Wildman–Crippen LogP) is 4.47. The molecule has 1 N–H and O–H groups in total. The third-order valence-corrected chi connectivity index (χ3v) is 4.36. The number of hydrogen-bond acceptors (Lipinski definition) is 2. The number of halogens is 2. The fourth-order valence-corrected chi connectivity index (χ4v) is 2.84. The van der Waals surface area contributed by atoms with Gasteiger partial charge in [-0.15, -0.1) is 0 Å². The van der Waals surface area contributed by atoms with E-state index in [2.05, 4.69) is 10.3 Å². The second kappa shape index (κ2) is 7.58. The number of para-hydroxylation sites is 1. The zero-order valence-corrected chi connectivity index (χ0v) is 15.1. The summed E-state index contributed by atoms with van der Waals surface area (Å²) in [6.07, 6.45) is 3.47. The molecule has 0 unspecified atom stereocenters. The lowest BCUT2D eigenvalue weighted by Gasteiger charge is -2.28. The van der Waals surface area contributed by atoms with Gasteiger partial charge in [-0.25, -0.2) is 14.2 Å². The number of imidazole rings is 1. The maximum Gasteiger partial charge on any atom is 0.322 e. The highest BCUT2D eigenvalue weighted by Crippen LogP contribution is 2.28. The van der Waals surface area contributed by atoms with Gasteiger partial charge in [-0.05, 0) is 29.8 Å². The van der Waals surface area contributed by atoms with Crippen LogP contribution in [0.15, 0.2) is 60.9 Å². The summed E-state index contributed by atoms with van der Waals surface area (Å²) in [6.45, 7) is 0. The lowest BCUT2D eigenvalue weighted by molar-refractivity contribution is 0.209. The number of carbonyl (C=O) groups excluding carboxylic acids is 1. The van der Waals surface area contributed by atoms with E-state index in [0.29, 0.717) is 10.8 Å². The van der Waals surface area contributed by atoms with E-state index >= 15 is 0 Å². The van der Waals surface area contributed by atoms with Crippen LogP contribution in [-0.2, 0) is 7.05 Å². The molecule has 2 aromatic carbocycles. The molecule has 0 saturated carbocycles. The molecule has 1 heterocycles. The van der Waals surface area contributed by atoms with Gasteiger partial charge in [0.2, 0.25) is 0 Å². The first-order chi connectivity index (χ1) is 12.5. The Hall–Kier alpha value is -2.86. The number of nitrogens with zero attached hydrogens (tertiary/aromatic N) is 3. The molecule has 2 amide bonds. The van der Waals surface area contributed by atoms with Crippen molar-refractivity contribution in [1.29, 1.82) is 0 Å². The molecule has 0 aliphatic heterocycles.